The predicted molar refractivity (Wildman–Crippen MR) is 212 cm³/mol. The molecular weight excluding hydrogens is 621 g/mol. The molecule has 3 heteroatoms. The van der Waals surface area contributed by atoms with Crippen molar-refractivity contribution in [3.05, 3.63) is 182 Å². The predicted octanol–water partition coefficient (Wildman–Crippen LogP) is 13.0. The lowest BCUT2D eigenvalue weighted by Crippen LogP contribution is -1.97. The highest BCUT2D eigenvalue weighted by molar-refractivity contribution is 6.13. The summed E-state index contributed by atoms with van der Waals surface area (Å²) in [5.41, 5.74) is 11.4. The maximum Gasteiger partial charge on any atom is 0.160 e. The van der Waals surface area contributed by atoms with Gasteiger partial charge in [-0.1, -0.05) is 152 Å². The van der Waals surface area contributed by atoms with Gasteiger partial charge in [-0.3, -0.25) is 0 Å². The molecule has 0 radical (unpaired) electrons. The highest BCUT2D eigenvalue weighted by Gasteiger charge is 2.16. The number of benzene rings is 8. The number of nitrogens with zero attached hydrogens (tertiary/aromatic N) is 2. The molecular formula is C48H30N2O. The average molecular weight is 651 g/mol. The van der Waals surface area contributed by atoms with Gasteiger partial charge in [0.05, 0.1) is 11.4 Å². The van der Waals surface area contributed by atoms with Crippen molar-refractivity contribution < 1.29 is 4.42 Å². The summed E-state index contributed by atoms with van der Waals surface area (Å²) in [6.45, 7) is 0. The van der Waals surface area contributed by atoms with Gasteiger partial charge in [-0.05, 0) is 74.1 Å². The fourth-order valence-electron chi connectivity index (χ4n) is 7.45. The van der Waals surface area contributed by atoms with E-state index in [-0.39, 0.29) is 0 Å². The van der Waals surface area contributed by atoms with Gasteiger partial charge in [0.1, 0.15) is 11.2 Å². The molecule has 0 saturated carbocycles. The van der Waals surface area contributed by atoms with Crippen LogP contribution in [0.2, 0.25) is 0 Å². The average Bonchev–Trinajstić information content (AvgIpc) is 3.59. The SMILES string of the molecule is c1ccc(-c2nc(-c3ccc4cc(-c5cccc6oc7ccccc7c56)ccc4c3)cc(-c3cccc4cccc(-c5ccccc5)c34)n2)cc1. The molecule has 238 valence electrons. The Kier molecular flexibility index (Phi) is 6.81. The minimum absolute atomic E-state index is 0.702. The van der Waals surface area contributed by atoms with Crippen LogP contribution in [0.4, 0.5) is 0 Å². The second-order valence-corrected chi connectivity index (χ2v) is 13.0. The molecule has 3 nitrogen and oxygen atoms in total. The van der Waals surface area contributed by atoms with Crippen LogP contribution in [0.3, 0.4) is 0 Å². The molecule has 2 heterocycles. The van der Waals surface area contributed by atoms with Crippen LogP contribution >= 0.6 is 0 Å². The van der Waals surface area contributed by atoms with Crippen LogP contribution in [0.15, 0.2) is 186 Å². The summed E-state index contributed by atoms with van der Waals surface area (Å²) in [5.74, 6) is 0.702. The summed E-state index contributed by atoms with van der Waals surface area (Å²) in [5, 5.41) is 6.96. The maximum absolute atomic E-state index is 6.19. The molecule has 0 atom stereocenters. The van der Waals surface area contributed by atoms with E-state index in [2.05, 4.69) is 146 Å². The summed E-state index contributed by atoms with van der Waals surface area (Å²) < 4.78 is 6.19. The number of para-hydroxylation sites is 1. The van der Waals surface area contributed by atoms with E-state index >= 15 is 0 Å². The van der Waals surface area contributed by atoms with E-state index in [4.69, 9.17) is 14.4 Å². The van der Waals surface area contributed by atoms with Crippen LogP contribution in [-0.4, -0.2) is 9.97 Å². The van der Waals surface area contributed by atoms with Gasteiger partial charge in [0.15, 0.2) is 5.82 Å². The first kappa shape index (κ1) is 29.1. The quantitative estimate of drug-likeness (QED) is 0.186. The first-order chi connectivity index (χ1) is 25.3. The molecule has 0 aliphatic rings. The van der Waals surface area contributed by atoms with Crippen LogP contribution in [0.1, 0.15) is 0 Å². The topological polar surface area (TPSA) is 38.9 Å². The van der Waals surface area contributed by atoms with Crippen LogP contribution in [0.5, 0.6) is 0 Å². The van der Waals surface area contributed by atoms with E-state index in [9.17, 15) is 0 Å². The Morgan fingerprint density at radius 2 is 0.922 bits per heavy atom. The third kappa shape index (κ3) is 5.06. The van der Waals surface area contributed by atoms with Gasteiger partial charge in [0, 0.05) is 27.5 Å². The van der Waals surface area contributed by atoms with E-state index in [1.54, 1.807) is 0 Å². The van der Waals surface area contributed by atoms with Gasteiger partial charge in [-0.15, -0.1) is 0 Å². The van der Waals surface area contributed by atoms with Crippen molar-refractivity contribution in [2.45, 2.75) is 0 Å². The maximum atomic E-state index is 6.19. The van der Waals surface area contributed by atoms with Gasteiger partial charge < -0.3 is 4.42 Å². The lowest BCUT2D eigenvalue weighted by atomic mass is 9.92. The summed E-state index contributed by atoms with van der Waals surface area (Å²) in [6.07, 6.45) is 0. The first-order valence-corrected chi connectivity index (χ1v) is 17.2. The van der Waals surface area contributed by atoms with E-state index in [0.29, 0.717) is 5.82 Å². The third-order valence-corrected chi connectivity index (χ3v) is 9.87. The summed E-state index contributed by atoms with van der Waals surface area (Å²) >= 11 is 0. The lowest BCUT2D eigenvalue weighted by molar-refractivity contribution is 0.669. The zero-order chi connectivity index (χ0) is 33.7. The number of hydrogen-bond donors (Lipinski definition) is 0. The molecule has 2 aromatic heterocycles. The number of aromatic nitrogens is 2. The zero-order valence-electron chi connectivity index (χ0n) is 27.6. The monoisotopic (exact) mass is 650 g/mol. The van der Waals surface area contributed by atoms with E-state index in [1.165, 1.54) is 32.8 Å². The molecule has 0 fully saturated rings. The van der Waals surface area contributed by atoms with Gasteiger partial charge in [-0.25, -0.2) is 9.97 Å². The molecule has 8 aromatic carbocycles. The molecule has 0 bridgehead atoms. The Morgan fingerprint density at radius 3 is 1.71 bits per heavy atom. The molecule has 0 aliphatic heterocycles. The number of fused-ring (bicyclic) bond motifs is 5. The Balaban J connectivity index is 1.13. The van der Waals surface area contributed by atoms with Crippen molar-refractivity contribution in [2.75, 3.05) is 0 Å². The fourth-order valence-corrected chi connectivity index (χ4v) is 7.45. The molecule has 51 heavy (non-hydrogen) atoms. The number of rotatable bonds is 5. The van der Waals surface area contributed by atoms with Crippen molar-refractivity contribution in [3.8, 4) is 56.2 Å². The third-order valence-electron chi connectivity index (χ3n) is 9.87. The van der Waals surface area contributed by atoms with Crippen LogP contribution in [0.25, 0.3) is 99.6 Å². The van der Waals surface area contributed by atoms with Gasteiger partial charge >= 0.3 is 0 Å². The van der Waals surface area contributed by atoms with Gasteiger partial charge in [0.2, 0.25) is 0 Å². The van der Waals surface area contributed by atoms with Crippen LogP contribution in [0, 0.1) is 0 Å². The second kappa shape index (κ2) is 11.9. The minimum atomic E-state index is 0.702. The Morgan fingerprint density at radius 1 is 0.333 bits per heavy atom. The van der Waals surface area contributed by atoms with Crippen molar-refractivity contribution in [1.82, 2.24) is 9.97 Å². The number of hydrogen-bond acceptors (Lipinski definition) is 3. The molecule has 0 unspecified atom stereocenters. The zero-order valence-corrected chi connectivity index (χ0v) is 27.6. The molecule has 0 saturated heterocycles. The molecule has 0 spiro atoms. The fraction of sp³-hybridized carbons (Fsp3) is 0. The summed E-state index contributed by atoms with van der Waals surface area (Å²) in [4.78, 5) is 10.4. The van der Waals surface area contributed by atoms with Crippen LogP contribution < -0.4 is 0 Å². The molecule has 0 amide bonds. The minimum Gasteiger partial charge on any atom is -0.456 e. The normalized spacial score (nSPS) is 11.5. The summed E-state index contributed by atoms with van der Waals surface area (Å²) in [7, 11) is 0. The largest absolute Gasteiger partial charge is 0.456 e. The Hall–Kier alpha value is -6.84. The first-order valence-electron chi connectivity index (χ1n) is 17.2. The smallest absolute Gasteiger partial charge is 0.160 e. The second-order valence-electron chi connectivity index (χ2n) is 13.0. The standard InChI is InChI=1S/C48H30N2O/c1-3-12-31(13-4-1)38-19-9-16-32-17-10-21-40(46(32)38)43-30-42(49-48(50-43)33-14-5-2-6-15-33)37-27-25-34-28-36(26-24-35(34)29-37)39-20-11-23-45-47(39)41-18-7-8-22-44(41)51-45/h1-30H. The lowest BCUT2D eigenvalue weighted by Gasteiger charge is -2.14. The van der Waals surface area contributed by atoms with Crippen molar-refractivity contribution in [2.24, 2.45) is 0 Å². The molecule has 10 aromatic rings. The van der Waals surface area contributed by atoms with Crippen LogP contribution in [-0.2, 0) is 0 Å². The highest BCUT2D eigenvalue weighted by Crippen LogP contribution is 2.40. The highest BCUT2D eigenvalue weighted by atomic mass is 16.3. The molecule has 0 N–H and O–H groups in total. The van der Waals surface area contributed by atoms with Gasteiger partial charge in [-0.2, -0.15) is 0 Å². The van der Waals surface area contributed by atoms with Crippen molar-refractivity contribution in [1.29, 1.82) is 0 Å². The van der Waals surface area contributed by atoms with E-state index in [0.717, 1.165) is 61.0 Å². The Bertz CT molecular complexity index is 2900. The number of furan rings is 1. The molecule has 10 rings (SSSR count). The summed E-state index contributed by atoms with van der Waals surface area (Å²) in [6, 6.07) is 63.9. The molecule has 0 aliphatic carbocycles. The van der Waals surface area contributed by atoms with E-state index < -0.39 is 0 Å². The van der Waals surface area contributed by atoms with E-state index in [1.807, 2.05) is 36.4 Å². The van der Waals surface area contributed by atoms with Crippen molar-refractivity contribution in [3.63, 3.8) is 0 Å². The van der Waals surface area contributed by atoms with Gasteiger partial charge in [0.25, 0.3) is 0 Å². The van der Waals surface area contributed by atoms with Crippen molar-refractivity contribution >= 4 is 43.5 Å². The Labute approximate surface area is 295 Å².